The number of hydrogen-bond donors (Lipinski definition) is 3. The van der Waals surface area contributed by atoms with E-state index in [1.807, 2.05) is 0 Å². The summed E-state index contributed by atoms with van der Waals surface area (Å²) >= 11 is 0. The van der Waals surface area contributed by atoms with Crippen molar-refractivity contribution in [2.45, 2.75) is 26.2 Å². The molecule has 0 aromatic carbocycles. The first-order valence-electron chi connectivity index (χ1n) is 4.62. The zero-order valence-electron chi connectivity index (χ0n) is 8.38. The van der Waals surface area contributed by atoms with E-state index in [-0.39, 0.29) is 12.5 Å². The van der Waals surface area contributed by atoms with Gasteiger partial charge in [-0.2, -0.15) is 0 Å². The fraction of sp³-hybridized carbons (Fsp3) is 0.667. The number of hydrogen-bond acceptors (Lipinski definition) is 3. The van der Waals surface area contributed by atoms with Crippen LogP contribution in [0.3, 0.4) is 0 Å². The Hall–Kier alpha value is -1.10. The molecule has 0 aliphatic carbocycles. The summed E-state index contributed by atoms with van der Waals surface area (Å²) in [5.41, 5.74) is 4.92. The first-order valence-corrected chi connectivity index (χ1v) is 4.62. The number of amides is 2. The molecule has 0 heterocycles. The predicted molar refractivity (Wildman–Crippen MR) is 52.1 cm³/mol. The van der Waals surface area contributed by atoms with Gasteiger partial charge in [-0.05, 0) is 26.2 Å². The van der Waals surface area contributed by atoms with Crippen molar-refractivity contribution in [2.75, 3.05) is 13.2 Å². The van der Waals surface area contributed by atoms with Crippen LogP contribution in [0, 0.1) is 5.92 Å². The average Bonchev–Trinajstić information content (AvgIpc) is 2.16. The van der Waals surface area contributed by atoms with Crippen molar-refractivity contribution < 1.29 is 14.7 Å². The average molecular weight is 201 g/mol. The van der Waals surface area contributed by atoms with Gasteiger partial charge in [-0.1, -0.05) is 0 Å². The molecule has 4 N–H and O–H groups in total. The standard InChI is InChI=1S/C9H17N2O3/c1-7(8(10)13)9(14)11-5-3-2-4-6-12/h12H,2-6H2,1H3,(H2,10,13)(H,11,14). The molecule has 5 nitrogen and oxygen atoms in total. The van der Waals surface area contributed by atoms with Gasteiger partial charge in [-0.3, -0.25) is 9.59 Å². The lowest BCUT2D eigenvalue weighted by molar-refractivity contribution is -0.124. The van der Waals surface area contributed by atoms with Gasteiger partial charge in [0.15, 0.2) is 0 Å². The summed E-state index contributed by atoms with van der Waals surface area (Å²) in [6, 6.07) is 0. The molecule has 0 saturated carbocycles. The molecule has 81 valence electrons. The maximum atomic E-state index is 11.1. The molecule has 0 aromatic rings. The van der Waals surface area contributed by atoms with Crippen LogP contribution < -0.4 is 11.1 Å². The van der Waals surface area contributed by atoms with Crippen LogP contribution in [0.5, 0.6) is 0 Å². The molecule has 5 heteroatoms. The summed E-state index contributed by atoms with van der Waals surface area (Å²) in [4.78, 5) is 21.7. The minimum atomic E-state index is -0.696. The third-order valence-corrected chi connectivity index (χ3v) is 1.83. The smallest absolute Gasteiger partial charge is 0.237 e. The van der Waals surface area contributed by atoms with E-state index in [4.69, 9.17) is 10.8 Å². The molecule has 0 bridgehead atoms. The number of unbranched alkanes of at least 4 members (excludes halogenated alkanes) is 2. The summed E-state index contributed by atoms with van der Waals surface area (Å²) in [7, 11) is 0. The van der Waals surface area contributed by atoms with Gasteiger partial charge in [0.1, 0.15) is 5.92 Å². The molecule has 0 aliphatic heterocycles. The first-order chi connectivity index (χ1) is 6.59. The van der Waals surface area contributed by atoms with Crippen LogP contribution in [-0.2, 0) is 9.59 Å². The summed E-state index contributed by atoms with van der Waals surface area (Å²) in [5, 5.41) is 11.0. The Morgan fingerprint density at radius 1 is 1.29 bits per heavy atom. The van der Waals surface area contributed by atoms with Crippen molar-refractivity contribution in [2.24, 2.45) is 5.73 Å². The summed E-state index contributed by atoms with van der Waals surface area (Å²) in [6.07, 6.45) is 2.37. The van der Waals surface area contributed by atoms with Gasteiger partial charge >= 0.3 is 0 Å². The third-order valence-electron chi connectivity index (χ3n) is 1.83. The van der Waals surface area contributed by atoms with Crippen molar-refractivity contribution in [3.05, 3.63) is 5.92 Å². The van der Waals surface area contributed by atoms with Crippen LogP contribution in [0.4, 0.5) is 0 Å². The maximum absolute atomic E-state index is 11.1. The van der Waals surface area contributed by atoms with Gasteiger partial charge in [0.05, 0.1) is 0 Å². The molecule has 2 amide bonds. The highest BCUT2D eigenvalue weighted by molar-refractivity contribution is 6.13. The Balaban J connectivity index is 3.49. The Morgan fingerprint density at radius 2 is 1.93 bits per heavy atom. The number of primary amides is 1. The summed E-state index contributed by atoms with van der Waals surface area (Å²) in [6.45, 7) is 2.06. The van der Waals surface area contributed by atoms with Gasteiger partial charge < -0.3 is 16.2 Å². The zero-order chi connectivity index (χ0) is 11.0. The number of carbonyl (C=O) groups excluding carboxylic acids is 2. The lowest BCUT2D eigenvalue weighted by Crippen LogP contribution is -2.35. The molecule has 0 unspecified atom stereocenters. The predicted octanol–water partition coefficient (Wildman–Crippen LogP) is -0.655. The topological polar surface area (TPSA) is 92.4 Å². The Bertz CT molecular complexity index is 194. The molecule has 0 aliphatic rings. The monoisotopic (exact) mass is 201 g/mol. The molecule has 1 radical (unpaired) electrons. The van der Waals surface area contributed by atoms with Crippen molar-refractivity contribution in [3.8, 4) is 0 Å². The SMILES string of the molecule is C[C](C(N)=O)C(=O)NCCCCCO. The third kappa shape index (κ3) is 5.53. The number of aliphatic hydroxyl groups excluding tert-OH is 1. The lowest BCUT2D eigenvalue weighted by atomic mass is 10.1. The second-order valence-corrected chi connectivity index (χ2v) is 3.03. The molecule has 0 atom stereocenters. The van der Waals surface area contributed by atoms with Crippen molar-refractivity contribution in [3.63, 3.8) is 0 Å². The van der Waals surface area contributed by atoms with E-state index < -0.39 is 11.8 Å². The highest BCUT2D eigenvalue weighted by Gasteiger charge is 2.18. The van der Waals surface area contributed by atoms with Crippen LogP contribution in [0.1, 0.15) is 26.2 Å². The second kappa shape index (κ2) is 7.32. The molecule has 0 fully saturated rings. The zero-order valence-corrected chi connectivity index (χ0v) is 8.38. The second-order valence-electron chi connectivity index (χ2n) is 3.03. The summed E-state index contributed by atoms with van der Waals surface area (Å²) < 4.78 is 0. The van der Waals surface area contributed by atoms with E-state index in [1.165, 1.54) is 6.92 Å². The molecular formula is C9H17N2O3. The minimum Gasteiger partial charge on any atom is -0.396 e. The summed E-state index contributed by atoms with van der Waals surface area (Å²) in [5.74, 6) is -1.09. The van der Waals surface area contributed by atoms with E-state index >= 15 is 0 Å². The molecule has 0 spiro atoms. The van der Waals surface area contributed by atoms with Gasteiger partial charge in [0, 0.05) is 13.2 Å². The highest BCUT2D eigenvalue weighted by atomic mass is 16.3. The van der Waals surface area contributed by atoms with Gasteiger partial charge in [0.2, 0.25) is 11.8 Å². The van der Waals surface area contributed by atoms with Crippen LogP contribution in [-0.4, -0.2) is 30.1 Å². The van der Waals surface area contributed by atoms with E-state index in [9.17, 15) is 9.59 Å². The molecule has 0 saturated heterocycles. The molecule has 0 rings (SSSR count). The number of nitrogens with one attached hydrogen (secondary N) is 1. The first kappa shape index (κ1) is 12.9. The van der Waals surface area contributed by atoms with Gasteiger partial charge in [0.25, 0.3) is 0 Å². The fourth-order valence-electron chi connectivity index (χ4n) is 0.860. The van der Waals surface area contributed by atoms with E-state index in [1.54, 1.807) is 0 Å². The van der Waals surface area contributed by atoms with E-state index in [0.717, 1.165) is 19.3 Å². The highest BCUT2D eigenvalue weighted by Crippen LogP contribution is 1.97. The quantitative estimate of drug-likeness (QED) is 0.377. The van der Waals surface area contributed by atoms with Crippen LogP contribution in [0.25, 0.3) is 0 Å². The molecular weight excluding hydrogens is 184 g/mol. The Labute approximate surface area is 83.7 Å². The van der Waals surface area contributed by atoms with Crippen LogP contribution in [0.2, 0.25) is 0 Å². The molecule has 14 heavy (non-hydrogen) atoms. The Kier molecular flexibility index (Phi) is 6.74. The lowest BCUT2D eigenvalue weighted by Gasteiger charge is -2.07. The number of nitrogens with two attached hydrogens (primary N) is 1. The normalized spacial score (nSPS) is 10.2. The number of carbonyl (C=O) groups is 2. The molecule has 0 aromatic heterocycles. The maximum Gasteiger partial charge on any atom is 0.237 e. The fourth-order valence-corrected chi connectivity index (χ4v) is 0.860. The van der Waals surface area contributed by atoms with E-state index in [0.29, 0.717) is 6.54 Å². The Morgan fingerprint density at radius 3 is 2.43 bits per heavy atom. The van der Waals surface area contributed by atoms with Crippen LogP contribution in [0.15, 0.2) is 0 Å². The van der Waals surface area contributed by atoms with Gasteiger partial charge in [-0.15, -0.1) is 0 Å². The van der Waals surface area contributed by atoms with Crippen molar-refractivity contribution >= 4 is 11.8 Å². The largest absolute Gasteiger partial charge is 0.396 e. The number of aliphatic hydroxyl groups is 1. The van der Waals surface area contributed by atoms with Gasteiger partial charge in [-0.25, -0.2) is 0 Å². The minimum absolute atomic E-state index is 0.0205. The van der Waals surface area contributed by atoms with Crippen LogP contribution >= 0.6 is 0 Å². The van der Waals surface area contributed by atoms with Crippen molar-refractivity contribution in [1.82, 2.24) is 5.32 Å². The van der Waals surface area contributed by atoms with Crippen molar-refractivity contribution in [1.29, 1.82) is 0 Å². The number of rotatable bonds is 7. The van der Waals surface area contributed by atoms with E-state index in [2.05, 4.69) is 5.32 Å².